The SMILES string of the molecule is COc1ccccc1/C=C/C(=O)Nc1cc(S(C)(=O)=O)ccc1Cl. The lowest BCUT2D eigenvalue weighted by atomic mass is 10.2. The fourth-order valence-electron chi connectivity index (χ4n) is 1.97. The van der Waals surface area contributed by atoms with E-state index in [2.05, 4.69) is 5.32 Å². The number of rotatable bonds is 5. The van der Waals surface area contributed by atoms with Crippen molar-refractivity contribution in [2.45, 2.75) is 4.90 Å². The molecule has 0 atom stereocenters. The molecule has 5 nitrogen and oxygen atoms in total. The van der Waals surface area contributed by atoms with E-state index in [1.807, 2.05) is 12.1 Å². The number of sulfone groups is 1. The monoisotopic (exact) mass is 365 g/mol. The molecule has 126 valence electrons. The Morgan fingerprint density at radius 3 is 2.58 bits per heavy atom. The number of hydrogen-bond donors (Lipinski definition) is 1. The first kappa shape index (κ1) is 18.0. The number of benzene rings is 2. The van der Waals surface area contributed by atoms with Gasteiger partial charge in [0.05, 0.1) is 22.7 Å². The van der Waals surface area contributed by atoms with E-state index in [0.717, 1.165) is 11.8 Å². The quantitative estimate of drug-likeness (QED) is 0.824. The molecule has 0 unspecified atom stereocenters. The summed E-state index contributed by atoms with van der Waals surface area (Å²) < 4.78 is 28.4. The largest absolute Gasteiger partial charge is 0.496 e. The van der Waals surface area contributed by atoms with Crippen LogP contribution in [0.2, 0.25) is 5.02 Å². The summed E-state index contributed by atoms with van der Waals surface area (Å²) in [5.74, 6) is 0.201. The number of carbonyl (C=O) groups excluding carboxylic acids is 1. The van der Waals surface area contributed by atoms with Crippen LogP contribution in [-0.2, 0) is 14.6 Å². The molecule has 0 aromatic heterocycles. The Hall–Kier alpha value is -2.31. The summed E-state index contributed by atoms with van der Waals surface area (Å²) in [6.45, 7) is 0. The van der Waals surface area contributed by atoms with Gasteiger partial charge in [0, 0.05) is 17.9 Å². The van der Waals surface area contributed by atoms with Crippen molar-refractivity contribution >= 4 is 39.1 Å². The zero-order valence-corrected chi connectivity index (χ0v) is 14.7. The van der Waals surface area contributed by atoms with Crippen LogP contribution in [-0.4, -0.2) is 27.7 Å². The van der Waals surface area contributed by atoms with Crippen LogP contribution in [0.4, 0.5) is 5.69 Å². The van der Waals surface area contributed by atoms with Gasteiger partial charge in [0.2, 0.25) is 5.91 Å². The topological polar surface area (TPSA) is 72.5 Å². The van der Waals surface area contributed by atoms with Crippen molar-refractivity contribution in [2.75, 3.05) is 18.7 Å². The molecule has 0 fully saturated rings. The highest BCUT2D eigenvalue weighted by atomic mass is 35.5. The summed E-state index contributed by atoms with van der Waals surface area (Å²) in [5.41, 5.74) is 0.973. The Kier molecular flexibility index (Phi) is 5.64. The molecule has 0 spiro atoms. The predicted octanol–water partition coefficient (Wildman–Crippen LogP) is 3.40. The number of amides is 1. The maximum Gasteiger partial charge on any atom is 0.248 e. The average Bonchev–Trinajstić information content (AvgIpc) is 2.54. The first-order chi connectivity index (χ1) is 11.3. The van der Waals surface area contributed by atoms with Gasteiger partial charge in [-0.2, -0.15) is 0 Å². The Morgan fingerprint density at radius 2 is 1.92 bits per heavy atom. The highest BCUT2D eigenvalue weighted by Crippen LogP contribution is 2.25. The van der Waals surface area contributed by atoms with Crippen LogP contribution in [0.5, 0.6) is 5.75 Å². The second kappa shape index (κ2) is 7.51. The van der Waals surface area contributed by atoms with Crippen molar-refractivity contribution in [1.82, 2.24) is 0 Å². The fourth-order valence-corrected chi connectivity index (χ4v) is 2.79. The lowest BCUT2D eigenvalue weighted by Gasteiger charge is -2.07. The number of para-hydroxylation sites is 1. The van der Waals surface area contributed by atoms with Crippen molar-refractivity contribution in [3.8, 4) is 5.75 Å². The van der Waals surface area contributed by atoms with Crippen LogP contribution in [0.3, 0.4) is 0 Å². The molecule has 1 N–H and O–H groups in total. The van der Waals surface area contributed by atoms with Crippen LogP contribution < -0.4 is 10.1 Å². The number of carbonyl (C=O) groups is 1. The normalized spacial score (nSPS) is 11.5. The number of ether oxygens (including phenoxy) is 1. The van der Waals surface area contributed by atoms with Crippen molar-refractivity contribution in [3.63, 3.8) is 0 Å². The van der Waals surface area contributed by atoms with Gasteiger partial charge in [-0.25, -0.2) is 8.42 Å². The molecule has 0 saturated heterocycles. The number of nitrogens with one attached hydrogen (secondary N) is 1. The molecule has 0 aliphatic carbocycles. The zero-order chi connectivity index (χ0) is 17.7. The highest BCUT2D eigenvalue weighted by Gasteiger charge is 2.11. The van der Waals surface area contributed by atoms with Crippen LogP contribution in [0.1, 0.15) is 5.56 Å². The third kappa shape index (κ3) is 4.59. The Balaban J connectivity index is 2.20. The number of methoxy groups -OCH3 is 1. The van der Waals surface area contributed by atoms with E-state index >= 15 is 0 Å². The van der Waals surface area contributed by atoms with Crippen LogP contribution in [0.25, 0.3) is 6.08 Å². The highest BCUT2D eigenvalue weighted by molar-refractivity contribution is 7.90. The molecular formula is C17H16ClNO4S. The smallest absolute Gasteiger partial charge is 0.248 e. The van der Waals surface area contributed by atoms with Gasteiger partial charge in [-0.05, 0) is 30.3 Å². The molecular weight excluding hydrogens is 350 g/mol. The van der Waals surface area contributed by atoms with Gasteiger partial charge < -0.3 is 10.1 Å². The maximum absolute atomic E-state index is 12.1. The minimum atomic E-state index is -3.39. The molecule has 0 saturated carbocycles. The standard InChI is InChI=1S/C17H16ClNO4S/c1-23-16-6-4-3-5-12(16)7-10-17(20)19-15-11-13(24(2,21)22)8-9-14(15)18/h3-11H,1-2H3,(H,19,20)/b10-7+. The summed E-state index contributed by atoms with van der Waals surface area (Å²) >= 11 is 6.00. The average molecular weight is 366 g/mol. The van der Waals surface area contributed by atoms with Crippen LogP contribution >= 0.6 is 11.6 Å². The van der Waals surface area contributed by atoms with E-state index in [1.165, 1.54) is 24.3 Å². The third-order valence-corrected chi connectivity index (χ3v) is 4.62. The summed E-state index contributed by atoms with van der Waals surface area (Å²) in [6.07, 6.45) is 4.01. The molecule has 7 heteroatoms. The second-order valence-corrected chi connectivity index (χ2v) is 7.40. The number of halogens is 1. The number of anilines is 1. The van der Waals surface area contributed by atoms with E-state index in [0.29, 0.717) is 5.75 Å². The van der Waals surface area contributed by atoms with Crippen LogP contribution in [0.15, 0.2) is 53.4 Å². The Labute approximate surface area is 145 Å². The molecule has 0 aliphatic heterocycles. The fraction of sp³-hybridized carbons (Fsp3) is 0.118. The molecule has 0 heterocycles. The molecule has 2 rings (SSSR count). The summed E-state index contributed by atoms with van der Waals surface area (Å²) in [6, 6.07) is 11.4. The Bertz CT molecular complexity index is 891. The van der Waals surface area contributed by atoms with Crippen molar-refractivity contribution < 1.29 is 17.9 Å². The first-order valence-electron chi connectivity index (χ1n) is 6.93. The lowest BCUT2D eigenvalue weighted by Crippen LogP contribution is -2.09. The summed E-state index contributed by atoms with van der Waals surface area (Å²) in [5, 5.41) is 2.82. The lowest BCUT2D eigenvalue weighted by molar-refractivity contribution is -0.111. The Morgan fingerprint density at radius 1 is 1.21 bits per heavy atom. The van der Waals surface area contributed by atoms with Crippen molar-refractivity contribution in [2.24, 2.45) is 0 Å². The minimum absolute atomic E-state index is 0.0795. The van der Waals surface area contributed by atoms with Gasteiger partial charge in [0.15, 0.2) is 9.84 Å². The first-order valence-corrected chi connectivity index (χ1v) is 9.20. The molecule has 0 bridgehead atoms. The minimum Gasteiger partial charge on any atom is -0.496 e. The van der Waals surface area contributed by atoms with E-state index in [9.17, 15) is 13.2 Å². The van der Waals surface area contributed by atoms with Gasteiger partial charge >= 0.3 is 0 Å². The molecule has 2 aromatic rings. The number of hydrogen-bond acceptors (Lipinski definition) is 4. The molecule has 0 aliphatic rings. The zero-order valence-electron chi connectivity index (χ0n) is 13.1. The second-order valence-electron chi connectivity index (χ2n) is 4.98. The van der Waals surface area contributed by atoms with Gasteiger partial charge in [-0.1, -0.05) is 29.8 Å². The van der Waals surface area contributed by atoms with Gasteiger partial charge in [-0.15, -0.1) is 0 Å². The van der Waals surface area contributed by atoms with Gasteiger partial charge in [0.1, 0.15) is 5.75 Å². The van der Waals surface area contributed by atoms with E-state index in [-0.39, 0.29) is 15.6 Å². The summed E-state index contributed by atoms with van der Waals surface area (Å²) in [4.78, 5) is 12.1. The van der Waals surface area contributed by atoms with Gasteiger partial charge in [0.25, 0.3) is 0 Å². The van der Waals surface area contributed by atoms with E-state index in [1.54, 1.807) is 25.3 Å². The molecule has 1 amide bonds. The molecule has 0 radical (unpaired) electrons. The maximum atomic E-state index is 12.1. The van der Waals surface area contributed by atoms with Crippen LogP contribution in [0, 0.1) is 0 Å². The molecule has 2 aromatic carbocycles. The van der Waals surface area contributed by atoms with E-state index < -0.39 is 15.7 Å². The molecule has 24 heavy (non-hydrogen) atoms. The van der Waals surface area contributed by atoms with Crippen molar-refractivity contribution in [3.05, 3.63) is 59.1 Å². The van der Waals surface area contributed by atoms with Gasteiger partial charge in [-0.3, -0.25) is 4.79 Å². The summed E-state index contributed by atoms with van der Waals surface area (Å²) in [7, 11) is -1.84. The van der Waals surface area contributed by atoms with Crippen molar-refractivity contribution in [1.29, 1.82) is 0 Å². The predicted molar refractivity (Wildman–Crippen MR) is 95.2 cm³/mol. The van der Waals surface area contributed by atoms with E-state index in [4.69, 9.17) is 16.3 Å². The third-order valence-electron chi connectivity index (χ3n) is 3.18.